The summed E-state index contributed by atoms with van der Waals surface area (Å²) in [4.78, 5) is 45.4. The maximum atomic E-state index is 13.0. The summed E-state index contributed by atoms with van der Waals surface area (Å²) in [6, 6.07) is 15.6. The fourth-order valence-electron chi connectivity index (χ4n) is 6.50. The number of H-pyrrole nitrogens is 2. The number of hydrogen-bond donors (Lipinski definition) is 2. The van der Waals surface area contributed by atoms with E-state index in [2.05, 4.69) is 16.9 Å². The molecule has 4 heterocycles. The number of rotatable bonds is 5. The number of amides is 2. The van der Waals surface area contributed by atoms with Gasteiger partial charge in [-0.2, -0.15) is 0 Å². The first kappa shape index (κ1) is 34.8. The minimum Gasteiger partial charge on any atom is -0.444 e. The van der Waals surface area contributed by atoms with Gasteiger partial charge < -0.3 is 19.4 Å². The number of hydrogen-bond acceptors (Lipinski definition) is 6. The van der Waals surface area contributed by atoms with E-state index in [1.807, 2.05) is 90.1 Å². The monoisotopic (exact) mass is 706 g/mol. The summed E-state index contributed by atoms with van der Waals surface area (Å²) in [6.45, 7) is 14.5. The van der Waals surface area contributed by atoms with Crippen molar-refractivity contribution in [3.8, 4) is 33.6 Å². The Kier molecular flexibility index (Phi) is 9.50. The first-order valence-corrected chi connectivity index (χ1v) is 17.5. The SMILES string of the molecule is CC1CC(c2nc(-c3ccc(-c4ccc(-c5nc(C6CCCN6C(=O)OC(C)(C)C)[nH]c5Cl)cc4)cc3)c(Cl)[nH]2)N(C(=O)OC(C)(C)C)C1. The lowest BCUT2D eigenvalue weighted by Gasteiger charge is -2.27. The van der Waals surface area contributed by atoms with Crippen molar-refractivity contribution >= 4 is 35.4 Å². The quantitative estimate of drug-likeness (QED) is 0.213. The van der Waals surface area contributed by atoms with Gasteiger partial charge in [0, 0.05) is 24.2 Å². The summed E-state index contributed by atoms with van der Waals surface area (Å²) in [7, 11) is 0. The molecule has 0 radical (unpaired) electrons. The van der Waals surface area contributed by atoms with E-state index in [9.17, 15) is 9.59 Å². The highest BCUT2D eigenvalue weighted by atomic mass is 35.5. The highest BCUT2D eigenvalue weighted by Crippen LogP contribution is 2.39. The largest absolute Gasteiger partial charge is 0.444 e. The van der Waals surface area contributed by atoms with Crippen LogP contribution in [0, 0.1) is 5.92 Å². The van der Waals surface area contributed by atoms with Gasteiger partial charge in [-0.3, -0.25) is 9.80 Å². The van der Waals surface area contributed by atoms with Crippen molar-refractivity contribution in [1.82, 2.24) is 29.7 Å². The van der Waals surface area contributed by atoms with Gasteiger partial charge in [0.2, 0.25) is 0 Å². The number of benzene rings is 2. The molecule has 6 rings (SSSR count). The minimum absolute atomic E-state index is 0.219. The molecule has 2 aromatic carbocycles. The number of aromatic amines is 2. The van der Waals surface area contributed by atoms with Gasteiger partial charge in [0.05, 0.1) is 12.1 Å². The van der Waals surface area contributed by atoms with Crippen LogP contribution in [0.1, 0.15) is 91.5 Å². The Labute approximate surface area is 297 Å². The second-order valence-corrected chi connectivity index (χ2v) is 15.8. The molecule has 2 fully saturated rings. The third-order valence-electron chi connectivity index (χ3n) is 8.66. The van der Waals surface area contributed by atoms with Crippen molar-refractivity contribution in [2.75, 3.05) is 13.1 Å². The third kappa shape index (κ3) is 7.75. The summed E-state index contributed by atoms with van der Waals surface area (Å²) in [6.07, 6.45) is 1.73. The van der Waals surface area contributed by atoms with E-state index in [-0.39, 0.29) is 24.3 Å². The predicted octanol–water partition coefficient (Wildman–Crippen LogP) is 9.83. The standard InChI is InChI=1S/C37H44Cl2N6O4/c1-21-19-27(45(20-21)35(47)49-37(5,6)7)33-41-29(31(39)43-33)25-16-12-23(13-17-25)22-10-14-24(15-11-22)28-30(38)42-32(40-28)26-9-8-18-44(26)34(46)48-36(2,3)4/h10-17,21,26-27H,8-9,18-20H2,1-7H3,(H,40,42)(H,41,43). The molecule has 0 bridgehead atoms. The average molecular weight is 708 g/mol. The van der Waals surface area contributed by atoms with E-state index >= 15 is 0 Å². The van der Waals surface area contributed by atoms with Crippen LogP contribution >= 0.6 is 23.2 Å². The number of nitrogens with zero attached hydrogens (tertiary/aromatic N) is 4. The van der Waals surface area contributed by atoms with Gasteiger partial charge in [-0.25, -0.2) is 19.6 Å². The van der Waals surface area contributed by atoms with Crippen molar-refractivity contribution in [2.45, 2.75) is 91.0 Å². The van der Waals surface area contributed by atoms with Crippen LogP contribution in [0.15, 0.2) is 48.5 Å². The lowest BCUT2D eigenvalue weighted by atomic mass is 10.0. The maximum absolute atomic E-state index is 13.0. The second kappa shape index (κ2) is 13.4. The lowest BCUT2D eigenvalue weighted by Crippen LogP contribution is -2.37. The molecule has 0 saturated carbocycles. The smallest absolute Gasteiger partial charge is 0.410 e. The number of halogens is 2. The zero-order valence-electron chi connectivity index (χ0n) is 29.1. The van der Waals surface area contributed by atoms with Gasteiger partial charge in [0.1, 0.15) is 44.5 Å². The first-order chi connectivity index (χ1) is 23.1. The summed E-state index contributed by atoms with van der Waals surface area (Å²) in [5, 5.41) is 0.859. The van der Waals surface area contributed by atoms with E-state index in [4.69, 9.17) is 42.6 Å². The average Bonchev–Trinajstić information content (AvgIpc) is 3.81. The van der Waals surface area contributed by atoms with Crippen LogP contribution in [0.2, 0.25) is 10.3 Å². The van der Waals surface area contributed by atoms with E-state index in [0.717, 1.165) is 41.5 Å². The molecule has 0 aliphatic carbocycles. The molecule has 260 valence electrons. The van der Waals surface area contributed by atoms with Crippen molar-refractivity contribution < 1.29 is 19.1 Å². The number of carbonyl (C=O) groups is 2. The van der Waals surface area contributed by atoms with Gasteiger partial charge in [-0.1, -0.05) is 78.7 Å². The van der Waals surface area contributed by atoms with Crippen LogP contribution in [0.25, 0.3) is 33.6 Å². The highest BCUT2D eigenvalue weighted by Gasteiger charge is 2.39. The number of likely N-dealkylation sites (tertiary alicyclic amines) is 2. The number of aromatic nitrogens is 4. The van der Waals surface area contributed by atoms with Gasteiger partial charge in [-0.15, -0.1) is 0 Å². The van der Waals surface area contributed by atoms with Crippen LogP contribution in [0.4, 0.5) is 9.59 Å². The Bertz CT molecular complexity index is 1820. The van der Waals surface area contributed by atoms with E-state index < -0.39 is 11.2 Å². The molecule has 49 heavy (non-hydrogen) atoms. The molecule has 2 aliphatic heterocycles. The summed E-state index contributed by atoms with van der Waals surface area (Å²) < 4.78 is 11.3. The Hall–Kier alpha value is -4.02. The Morgan fingerprint density at radius 3 is 1.61 bits per heavy atom. The van der Waals surface area contributed by atoms with Gasteiger partial charge in [0.25, 0.3) is 0 Å². The lowest BCUT2D eigenvalue weighted by molar-refractivity contribution is 0.0206. The fourth-order valence-corrected chi connectivity index (χ4v) is 6.99. The Morgan fingerprint density at radius 2 is 1.14 bits per heavy atom. The van der Waals surface area contributed by atoms with Crippen molar-refractivity contribution in [2.24, 2.45) is 5.92 Å². The van der Waals surface area contributed by atoms with E-state index in [1.165, 1.54) is 0 Å². The van der Waals surface area contributed by atoms with Crippen LogP contribution in [0.3, 0.4) is 0 Å². The first-order valence-electron chi connectivity index (χ1n) is 16.8. The number of imidazole rings is 2. The third-order valence-corrected chi connectivity index (χ3v) is 9.20. The van der Waals surface area contributed by atoms with Crippen LogP contribution in [-0.4, -0.2) is 66.2 Å². The maximum Gasteiger partial charge on any atom is 0.410 e. The van der Waals surface area contributed by atoms with Crippen molar-refractivity contribution in [1.29, 1.82) is 0 Å². The molecule has 2 saturated heterocycles. The predicted molar refractivity (Wildman–Crippen MR) is 191 cm³/mol. The number of ether oxygens (including phenoxy) is 2. The molecular weight excluding hydrogens is 663 g/mol. The molecule has 0 spiro atoms. The molecule has 3 unspecified atom stereocenters. The van der Waals surface area contributed by atoms with Crippen LogP contribution < -0.4 is 0 Å². The van der Waals surface area contributed by atoms with Gasteiger partial charge in [-0.05, 0) is 77.8 Å². The number of nitrogens with one attached hydrogen (secondary N) is 2. The molecule has 2 aliphatic rings. The number of carbonyl (C=O) groups excluding carboxylic acids is 2. The Balaban J connectivity index is 1.16. The molecule has 2 amide bonds. The van der Waals surface area contributed by atoms with Gasteiger partial charge >= 0.3 is 12.2 Å². The Morgan fingerprint density at radius 1 is 0.714 bits per heavy atom. The van der Waals surface area contributed by atoms with Crippen LogP contribution in [-0.2, 0) is 9.47 Å². The van der Waals surface area contributed by atoms with Crippen LogP contribution in [0.5, 0.6) is 0 Å². The van der Waals surface area contributed by atoms with E-state index in [1.54, 1.807) is 9.80 Å². The topological polar surface area (TPSA) is 116 Å². The van der Waals surface area contributed by atoms with Crippen molar-refractivity contribution in [3.63, 3.8) is 0 Å². The molecule has 10 nitrogen and oxygen atoms in total. The zero-order chi connectivity index (χ0) is 35.2. The summed E-state index contributed by atoms with van der Waals surface area (Å²) in [5.74, 6) is 1.62. The molecule has 12 heteroatoms. The van der Waals surface area contributed by atoms with Gasteiger partial charge in [0.15, 0.2) is 0 Å². The molecule has 4 aromatic rings. The minimum atomic E-state index is -0.584. The molecular formula is C37H44Cl2N6O4. The summed E-state index contributed by atoms with van der Waals surface area (Å²) >= 11 is 13.3. The molecule has 2 aromatic heterocycles. The normalized spacial score (nSPS) is 19.8. The highest BCUT2D eigenvalue weighted by molar-refractivity contribution is 6.32. The van der Waals surface area contributed by atoms with Crippen molar-refractivity contribution in [3.05, 3.63) is 70.5 Å². The summed E-state index contributed by atoms with van der Waals surface area (Å²) in [5.41, 5.74) is 3.90. The molecule has 2 N–H and O–H groups in total. The fraction of sp³-hybridized carbons (Fsp3) is 0.459. The molecule has 3 atom stereocenters. The zero-order valence-corrected chi connectivity index (χ0v) is 30.6. The van der Waals surface area contributed by atoms with E-state index in [0.29, 0.717) is 52.4 Å². The second-order valence-electron chi connectivity index (χ2n) is 15.0.